The quantitative estimate of drug-likeness (QED) is 0.265. The second kappa shape index (κ2) is 8.44. The van der Waals surface area contributed by atoms with E-state index in [1.54, 1.807) is 6.20 Å². The van der Waals surface area contributed by atoms with Crippen LogP contribution in [-0.2, 0) is 0 Å². The van der Waals surface area contributed by atoms with Crippen LogP contribution in [0.25, 0.3) is 37.6 Å². The third-order valence-corrected chi connectivity index (χ3v) is 8.76. The van der Waals surface area contributed by atoms with Gasteiger partial charge < -0.3 is 4.74 Å². The van der Waals surface area contributed by atoms with Crippen molar-refractivity contribution in [2.24, 2.45) is 0 Å². The molecule has 0 bridgehead atoms. The van der Waals surface area contributed by atoms with Gasteiger partial charge in [-0.3, -0.25) is 4.98 Å². The minimum Gasteiger partial charge on any atom is -0.439 e. The molecule has 3 aromatic carbocycles. The first-order valence-electron chi connectivity index (χ1n) is 11.3. The van der Waals surface area contributed by atoms with E-state index in [9.17, 15) is 0 Å². The molecule has 3 aromatic heterocycles. The Bertz CT molecular complexity index is 1670. The van der Waals surface area contributed by atoms with E-state index in [1.165, 1.54) is 37.6 Å². The average Bonchev–Trinajstić information content (AvgIpc) is 3.18. The largest absolute Gasteiger partial charge is 0.439 e. The summed E-state index contributed by atoms with van der Waals surface area (Å²) in [5, 5.41) is 5.38. The van der Waals surface area contributed by atoms with Gasteiger partial charge in [0, 0.05) is 28.7 Å². The summed E-state index contributed by atoms with van der Waals surface area (Å²) >= 11 is 0. The summed E-state index contributed by atoms with van der Waals surface area (Å²) in [6, 6.07) is 31.9. The average molecular weight is 459 g/mol. The maximum atomic E-state index is 6.05. The Morgan fingerprint density at radius 1 is 0.647 bits per heavy atom. The van der Waals surface area contributed by atoms with Gasteiger partial charge in [0.2, 0.25) is 5.88 Å². The summed E-state index contributed by atoms with van der Waals surface area (Å²) in [5.41, 5.74) is 5.84. The zero-order valence-electron chi connectivity index (χ0n) is 19.1. The molecular weight excluding hydrogens is 435 g/mol. The second-order valence-electron chi connectivity index (χ2n) is 8.53. The summed E-state index contributed by atoms with van der Waals surface area (Å²) in [7, 11) is -0.703. The van der Waals surface area contributed by atoms with Gasteiger partial charge in [-0.2, -0.15) is 0 Å². The Balaban J connectivity index is 1.50. The molecule has 0 fully saturated rings. The van der Waals surface area contributed by atoms with Gasteiger partial charge in [0.1, 0.15) is 5.75 Å². The summed E-state index contributed by atoms with van der Waals surface area (Å²) in [6.45, 7) is 4.20. The number of ether oxygens (including phenoxy) is 1. The van der Waals surface area contributed by atoms with Gasteiger partial charge in [0.05, 0.1) is 5.44 Å². The fraction of sp³-hybridized carbons (Fsp3) is 0.0667. The molecule has 0 aliphatic carbocycles. The summed E-state index contributed by atoms with van der Waals surface area (Å²) in [4.78, 5) is 9.16. The standard InChI is InChI=1S/C30H23N2OP/c1-20-14-16-31-29(17-20)33-24-9-5-8-22(18-24)23-12-13-26-25-10-3-4-11-27(25)34(28(26)19-23)30-21(2)7-6-15-32-30/h3-19H,1-2H3. The highest BCUT2D eigenvalue weighted by Gasteiger charge is 2.16. The lowest BCUT2D eigenvalue weighted by atomic mass is 10.0. The molecule has 0 saturated heterocycles. The Morgan fingerprint density at radius 2 is 1.50 bits per heavy atom. The summed E-state index contributed by atoms with van der Waals surface area (Å²) < 4.78 is 6.05. The first kappa shape index (κ1) is 20.7. The maximum Gasteiger partial charge on any atom is 0.219 e. The number of rotatable bonds is 4. The van der Waals surface area contributed by atoms with Crippen molar-refractivity contribution in [3.8, 4) is 28.2 Å². The second-order valence-corrected chi connectivity index (χ2v) is 10.6. The zero-order chi connectivity index (χ0) is 23.1. The van der Waals surface area contributed by atoms with Crippen LogP contribution in [0, 0.1) is 13.8 Å². The van der Waals surface area contributed by atoms with Crippen molar-refractivity contribution in [3.05, 3.63) is 115 Å². The molecule has 0 saturated carbocycles. The van der Waals surface area contributed by atoms with Gasteiger partial charge in [-0.1, -0.05) is 56.1 Å². The van der Waals surface area contributed by atoms with Gasteiger partial charge >= 0.3 is 0 Å². The third-order valence-electron chi connectivity index (χ3n) is 6.15. The van der Waals surface area contributed by atoms with Gasteiger partial charge in [-0.05, 0) is 83.3 Å². The number of pyridine rings is 2. The normalized spacial score (nSPS) is 11.8. The lowest BCUT2D eigenvalue weighted by Gasteiger charge is -2.09. The molecule has 0 spiro atoms. The van der Waals surface area contributed by atoms with Crippen LogP contribution in [0.3, 0.4) is 0 Å². The van der Waals surface area contributed by atoms with E-state index >= 15 is 0 Å². The topological polar surface area (TPSA) is 35.0 Å². The molecule has 0 aliphatic heterocycles. The van der Waals surface area contributed by atoms with E-state index in [0.717, 1.165) is 16.9 Å². The van der Waals surface area contributed by atoms with E-state index in [0.29, 0.717) is 5.88 Å². The van der Waals surface area contributed by atoms with Crippen molar-refractivity contribution in [2.75, 3.05) is 0 Å². The van der Waals surface area contributed by atoms with Crippen LogP contribution in [-0.4, -0.2) is 9.97 Å². The predicted octanol–water partition coefficient (Wildman–Crippen LogP) is 8.83. The van der Waals surface area contributed by atoms with Crippen LogP contribution < -0.4 is 4.74 Å². The molecule has 4 heteroatoms. The van der Waals surface area contributed by atoms with E-state index in [1.807, 2.05) is 43.5 Å². The van der Waals surface area contributed by atoms with Gasteiger partial charge in [0.15, 0.2) is 0 Å². The Morgan fingerprint density at radius 3 is 2.38 bits per heavy atom. The van der Waals surface area contributed by atoms with E-state index < -0.39 is 7.53 Å². The zero-order valence-corrected chi connectivity index (χ0v) is 20.0. The Labute approximate surface area is 199 Å². The number of nitrogens with zero attached hydrogens (tertiary/aromatic N) is 2. The lowest BCUT2D eigenvalue weighted by Crippen LogP contribution is -1.88. The van der Waals surface area contributed by atoms with Crippen LogP contribution in [0.2, 0.25) is 0 Å². The van der Waals surface area contributed by atoms with Gasteiger partial charge in [0.25, 0.3) is 0 Å². The van der Waals surface area contributed by atoms with Crippen LogP contribution in [0.4, 0.5) is 0 Å². The first-order valence-corrected chi connectivity index (χ1v) is 12.7. The number of fused-ring (bicyclic) bond motifs is 3. The molecule has 0 radical (unpaired) electrons. The Hall–Kier alpha value is -3.94. The summed E-state index contributed by atoms with van der Waals surface area (Å²) in [5.74, 6) is 1.39. The van der Waals surface area contributed by atoms with Crippen LogP contribution in [0.1, 0.15) is 11.1 Å². The highest BCUT2D eigenvalue weighted by molar-refractivity contribution is 7.67. The molecule has 0 aliphatic rings. The van der Waals surface area contributed by atoms with Crippen LogP contribution in [0.15, 0.2) is 103 Å². The molecule has 6 aromatic rings. The van der Waals surface area contributed by atoms with Gasteiger partial charge in [-0.15, -0.1) is 0 Å². The van der Waals surface area contributed by atoms with Crippen molar-refractivity contribution in [1.29, 1.82) is 0 Å². The molecule has 164 valence electrons. The molecular formula is C30H23N2OP. The molecule has 1 unspecified atom stereocenters. The minimum atomic E-state index is -0.703. The predicted molar refractivity (Wildman–Crippen MR) is 143 cm³/mol. The third kappa shape index (κ3) is 3.65. The van der Waals surface area contributed by atoms with Crippen molar-refractivity contribution in [2.45, 2.75) is 13.8 Å². The fourth-order valence-electron chi connectivity index (χ4n) is 4.51. The van der Waals surface area contributed by atoms with Crippen molar-refractivity contribution >= 4 is 28.5 Å². The van der Waals surface area contributed by atoms with Crippen molar-refractivity contribution in [1.82, 2.24) is 9.97 Å². The number of hydrogen-bond donors (Lipinski definition) is 0. The van der Waals surface area contributed by atoms with E-state index in [-0.39, 0.29) is 0 Å². The first-order chi connectivity index (χ1) is 16.7. The molecule has 1 atom stereocenters. The highest BCUT2D eigenvalue weighted by Crippen LogP contribution is 2.55. The van der Waals surface area contributed by atoms with Crippen molar-refractivity contribution < 1.29 is 4.74 Å². The molecule has 0 amide bonds. The summed E-state index contributed by atoms with van der Waals surface area (Å²) in [6.07, 6.45) is 3.68. The highest BCUT2D eigenvalue weighted by atomic mass is 31.1. The number of hydrogen-bond acceptors (Lipinski definition) is 3. The van der Waals surface area contributed by atoms with Crippen LogP contribution in [0.5, 0.6) is 11.6 Å². The maximum absolute atomic E-state index is 6.05. The fourth-order valence-corrected chi connectivity index (χ4v) is 7.21. The van der Waals surface area contributed by atoms with Crippen LogP contribution >= 0.6 is 7.53 Å². The minimum absolute atomic E-state index is 0.607. The number of aryl methyl sites for hydroxylation is 2. The SMILES string of the molecule is Cc1ccnc(Oc2cccc(-c3ccc4c5ccccc5p(-c5ncccc5C)c4c3)c2)c1. The molecule has 3 heterocycles. The monoisotopic (exact) mass is 458 g/mol. The van der Waals surface area contributed by atoms with Crippen molar-refractivity contribution in [3.63, 3.8) is 0 Å². The molecule has 0 N–H and O–H groups in total. The molecule has 3 nitrogen and oxygen atoms in total. The lowest BCUT2D eigenvalue weighted by molar-refractivity contribution is 0.462. The van der Waals surface area contributed by atoms with E-state index in [4.69, 9.17) is 9.72 Å². The molecule has 34 heavy (non-hydrogen) atoms. The van der Waals surface area contributed by atoms with E-state index in [2.05, 4.69) is 72.6 Å². The molecule has 6 rings (SSSR count). The number of aromatic nitrogens is 2. The number of benzene rings is 3. The Kier molecular flexibility index (Phi) is 5.13. The smallest absolute Gasteiger partial charge is 0.219 e. The van der Waals surface area contributed by atoms with Gasteiger partial charge in [-0.25, -0.2) is 4.98 Å².